The summed E-state index contributed by atoms with van der Waals surface area (Å²) in [5.74, 6) is -1.23. The summed E-state index contributed by atoms with van der Waals surface area (Å²) in [5.41, 5.74) is 1.77. The molecule has 0 saturated carbocycles. The number of carbonyl (C=O) groups is 2. The number of carbonyl (C=O) groups excluding carboxylic acids is 2. The first kappa shape index (κ1) is 20.6. The van der Waals surface area contributed by atoms with Crippen LogP contribution in [0.25, 0.3) is 0 Å². The van der Waals surface area contributed by atoms with E-state index >= 15 is 0 Å². The lowest BCUT2D eigenvalue weighted by atomic mass is 10.1. The summed E-state index contributed by atoms with van der Waals surface area (Å²) in [6.07, 6.45) is 0.240. The van der Waals surface area contributed by atoms with Gasteiger partial charge in [-0.15, -0.1) is 0 Å². The van der Waals surface area contributed by atoms with Crippen LogP contribution in [0, 0.1) is 6.92 Å². The zero-order valence-corrected chi connectivity index (χ0v) is 16.0. The van der Waals surface area contributed by atoms with Crippen molar-refractivity contribution in [1.82, 2.24) is 10.0 Å². The maximum Gasteiger partial charge on any atom is 0.328 e. The van der Waals surface area contributed by atoms with Gasteiger partial charge in [-0.25, -0.2) is 17.9 Å². The molecule has 8 heteroatoms. The number of hydrogen-bond acceptors (Lipinski definition) is 5. The summed E-state index contributed by atoms with van der Waals surface area (Å²) in [7, 11) is -2.59. The minimum absolute atomic E-state index is 0.0645. The SMILES string of the molecule is COC(=O)[C@H](Cc1ccccc1)NC(=O)CNS(=O)(=O)c1ccc(C)cc1. The Morgan fingerprint density at radius 1 is 1.04 bits per heavy atom. The van der Waals surface area contributed by atoms with Crippen molar-refractivity contribution >= 4 is 21.9 Å². The Hall–Kier alpha value is -2.71. The molecule has 0 spiro atoms. The number of ether oxygens (including phenoxy) is 1. The lowest BCUT2D eigenvalue weighted by Gasteiger charge is -2.17. The van der Waals surface area contributed by atoms with Crippen molar-refractivity contribution < 1.29 is 22.7 Å². The van der Waals surface area contributed by atoms with Gasteiger partial charge in [-0.2, -0.15) is 0 Å². The lowest BCUT2D eigenvalue weighted by molar-refractivity contribution is -0.144. The molecule has 0 fully saturated rings. The molecule has 1 amide bonds. The Morgan fingerprint density at radius 3 is 2.26 bits per heavy atom. The third-order valence-corrected chi connectivity index (χ3v) is 5.27. The van der Waals surface area contributed by atoms with Crippen LogP contribution in [-0.2, 0) is 30.8 Å². The molecule has 0 aliphatic rings. The number of rotatable bonds is 8. The van der Waals surface area contributed by atoms with Gasteiger partial charge < -0.3 is 10.1 Å². The molecule has 0 aromatic heterocycles. The summed E-state index contributed by atoms with van der Waals surface area (Å²) >= 11 is 0. The van der Waals surface area contributed by atoms with E-state index in [0.29, 0.717) is 0 Å². The molecule has 0 radical (unpaired) electrons. The van der Waals surface area contributed by atoms with Gasteiger partial charge in [-0.1, -0.05) is 48.0 Å². The predicted molar refractivity (Wildman–Crippen MR) is 100 cm³/mol. The van der Waals surface area contributed by atoms with Gasteiger partial charge in [0.25, 0.3) is 0 Å². The summed E-state index contributed by atoms with van der Waals surface area (Å²) in [6, 6.07) is 14.5. The first-order chi connectivity index (χ1) is 12.8. The molecule has 0 aliphatic heterocycles. The summed E-state index contributed by atoms with van der Waals surface area (Å²) in [6.45, 7) is 1.36. The van der Waals surface area contributed by atoms with Gasteiger partial charge >= 0.3 is 5.97 Å². The van der Waals surface area contributed by atoms with Gasteiger partial charge in [0.05, 0.1) is 18.6 Å². The van der Waals surface area contributed by atoms with Crippen LogP contribution >= 0.6 is 0 Å². The Balaban J connectivity index is 1.98. The topological polar surface area (TPSA) is 102 Å². The van der Waals surface area contributed by atoms with Crippen LogP contribution in [0.3, 0.4) is 0 Å². The van der Waals surface area contributed by atoms with Gasteiger partial charge in [-0.05, 0) is 24.6 Å². The second-order valence-corrected chi connectivity index (χ2v) is 7.74. The molecule has 7 nitrogen and oxygen atoms in total. The summed E-state index contributed by atoms with van der Waals surface area (Å²) in [4.78, 5) is 24.1. The highest BCUT2D eigenvalue weighted by Crippen LogP contribution is 2.09. The zero-order valence-electron chi connectivity index (χ0n) is 15.1. The third kappa shape index (κ3) is 6.19. The van der Waals surface area contributed by atoms with Crippen LogP contribution in [0.4, 0.5) is 0 Å². The van der Waals surface area contributed by atoms with Gasteiger partial charge in [0, 0.05) is 6.42 Å². The van der Waals surface area contributed by atoms with Crippen molar-refractivity contribution in [3.63, 3.8) is 0 Å². The Labute approximate surface area is 158 Å². The highest BCUT2D eigenvalue weighted by Gasteiger charge is 2.23. The minimum atomic E-state index is -3.82. The molecule has 0 aliphatic carbocycles. The van der Waals surface area contributed by atoms with Crippen molar-refractivity contribution in [2.75, 3.05) is 13.7 Å². The van der Waals surface area contributed by atoms with Crippen molar-refractivity contribution in [2.24, 2.45) is 0 Å². The van der Waals surface area contributed by atoms with Crippen LogP contribution < -0.4 is 10.0 Å². The molecular weight excluding hydrogens is 368 g/mol. The van der Waals surface area contributed by atoms with Gasteiger partial charge in [0.1, 0.15) is 6.04 Å². The van der Waals surface area contributed by atoms with Gasteiger partial charge in [-0.3, -0.25) is 4.79 Å². The third-order valence-electron chi connectivity index (χ3n) is 3.86. The van der Waals surface area contributed by atoms with Crippen molar-refractivity contribution in [3.05, 3.63) is 65.7 Å². The molecule has 2 aromatic rings. The van der Waals surface area contributed by atoms with E-state index in [1.54, 1.807) is 12.1 Å². The fourth-order valence-corrected chi connectivity index (χ4v) is 3.37. The van der Waals surface area contributed by atoms with E-state index in [-0.39, 0.29) is 11.3 Å². The first-order valence-electron chi connectivity index (χ1n) is 8.29. The van der Waals surface area contributed by atoms with E-state index in [9.17, 15) is 18.0 Å². The quantitative estimate of drug-likeness (QED) is 0.659. The van der Waals surface area contributed by atoms with E-state index in [1.165, 1.54) is 19.2 Å². The van der Waals surface area contributed by atoms with E-state index in [1.807, 2.05) is 37.3 Å². The molecule has 2 rings (SSSR count). The molecule has 0 unspecified atom stereocenters. The minimum Gasteiger partial charge on any atom is -0.467 e. The lowest BCUT2D eigenvalue weighted by Crippen LogP contribution is -2.47. The van der Waals surface area contributed by atoms with Crippen LogP contribution in [0.15, 0.2) is 59.5 Å². The van der Waals surface area contributed by atoms with Crippen LogP contribution in [0.1, 0.15) is 11.1 Å². The summed E-state index contributed by atoms with van der Waals surface area (Å²) < 4.78 is 31.4. The number of benzene rings is 2. The number of esters is 1. The van der Waals surface area contributed by atoms with Crippen molar-refractivity contribution in [2.45, 2.75) is 24.3 Å². The maximum atomic E-state index is 12.2. The van der Waals surface area contributed by atoms with E-state index < -0.39 is 34.5 Å². The fraction of sp³-hybridized carbons (Fsp3) is 0.263. The maximum absolute atomic E-state index is 12.2. The molecule has 0 saturated heterocycles. The second kappa shape index (κ2) is 9.29. The van der Waals surface area contributed by atoms with Gasteiger partial charge in [0.2, 0.25) is 15.9 Å². The highest BCUT2D eigenvalue weighted by molar-refractivity contribution is 7.89. The monoisotopic (exact) mass is 390 g/mol. The molecule has 2 aromatic carbocycles. The largest absolute Gasteiger partial charge is 0.467 e. The molecule has 0 heterocycles. The number of nitrogens with one attached hydrogen (secondary N) is 2. The van der Waals surface area contributed by atoms with E-state index in [2.05, 4.69) is 10.0 Å². The fourth-order valence-electron chi connectivity index (χ4n) is 2.39. The van der Waals surface area contributed by atoms with E-state index in [4.69, 9.17) is 4.74 Å². The molecular formula is C19H22N2O5S. The Morgan fingerprint density at radius 2 is 1.67 bits per heavy atom. The number of hydrogen-bond donors (Lipinski definition) is 2. The number of aryl methyl sites for hydroxylation is 1. The highest BCUT2D eigenvalue weighted by atomic mass is 32.2. The molecule has 27 heavy (non-hydrogen) atoms. The number of methoxy groups -OCH3 is 1. The average molecular weight is 390 g/mol. The standard InChI is InChI=1S/C19H22N2O5S/c1-14-8-10-16(11-9-14)27(24,25)20-13-18(22)21-17(19(23)26-2)12-15-6-4-3-5-7-15/h3-11,17,20H,12-13H2,1-2H3,(H,21,22)/t17-/m0/s1. The molecule has 2 N–H and O–H groups in total. The normalized spacial score (nSPS) is 12.2. The Bertz CT molecular complexity index is 880. The van der Waals surface area contributed by atoms with Gasteiger partial charge in [0.15, 0.2) is 0 Å². The van der Waals surface area contributed by atoms with Crippen molar-refractivity contribution in [1.29, 1.82) is 0 Å². The summed E-state index contributed by atoms with van der Waals surface area (Å²) in [5, 5.41) is 2.51. The second-order valence-electron chi connectivity index (χ2n) is 5.97. The molecule has 1 atom stereocenters. The zero-order chi connectivity index (χ0) is 19.9. The molecule has 144 valence electrons. The van der Waals surface area contributed by atoms with Crippen LogP contribution in [-0.4, -0.2) is 40.0 Å². The van der Waals surface area contributed by atoms with Crippen LogP contribution in [0.2, 0.25) is 0 Å². The number of sulfonamides is 1. The van der Waals surface area contributed by atoms with E-state index in [0.717, 1.165) is 11.1 Å². The average Bonchev–Trinajstić information content (AvgIpc) is 2.66. The van der Waals surface area contributed by atoms with Crippen molar-refractivity contribution in [3.8, 4) is 0 Å². The predicted octanol–water partition coefficient (Wildman–Crippen LogP) is 1.17. The molecule has 0 bridgehead atoms. The Kier molecular flexibility index (Phi) is 7.09. The smallest absolute Gasteiger partial charge is 0.328 e. The number of amides is 1. The van der Waals surface area contributed by atoms with Crippen LogP contribution in [0.5, 0.6) is 0 Å². The first-order valence-corrected chi connectivity index (χ1v) is 9.77.